The van der Waals surface area contributed by atoms with Crippen molar-refractivity contribution in [2.75, 3.05) is 4.90 Å². The van der Waals surface area contributed by atoms with Gasteiger partial charge in [-0.25, -0.2) is 19.6 Å². The van der Waals surface area contributed by atoms with Gasteiger partial charge in [0.15, 0.2) is 17.3 Å². The van der Waals surface area contributed by atoms with Crippen molar-refractivity contribution >= 4 is 94.9 Å². The van der Waals surface area contributed by atoms with E-state index in [2.05, 4.69) is 30.7 Å². The van der Waals surface area contributed by atoms with Crippen molar-refractivity contribution in [2.24, 2.45) is 0 Å². The van der Waals surface area contributed by atoms with E-state index in [-0.39, 0.29) is 73.6 Å². The monoisotopic (exact) mass is 1380 g/mol. The quantitative estimate of drug-likeness (QED) is 0.0400. The fourth-order valence-corrected chi connectivity index (χ4v) is 10.2. The number of nitrogens with zero attached hydrogens (tertiary/aromatic N) is 3. The number of hydrogen-bond acceptors (Lipinski definition) is 10. The van der Waals surface area contributed by atoms with Crippen molar-refractivity contribution in [1.29, 1.82) is 0 Å². The zero-order valence-corrected chi connectivity index (χ0v) is 54.9. The summed E-state index contributed by atoms with van der Waals surface area (Å²) < 4.78 is 18.8. The van der Waals surface area contributed by atoms with Crippen LogP contribution < -0.4 is 10.4 Å². The fourth-order valence-electron chi connectivity index (χ4n) is 10.2. The Morgan fingerprint density at radius 1 is 0.556 bits per heavy atom. The average molecular weight is 1380 g/mol. The van der Waals surface area contributed by atoms with Gasteiger partial charge in [-0.3, -0.25) is 14.4 Å². The number of benzene rings is 7. The van der Waals surface area contributed by atoms with Crippen LogP contribution in [0, 0.1) is 0 Å². The molecule has 0 bridgehead atoms. The third-order valence-corrected chi connectivity index (χ3v) is 15.3. The fraction of sp³-hybridized carbons (Fsp3) is 0.187. The molecule has 2 heterocycles. The molecule has 1 aliphatic rings. The molecule has 0 unspecified atom stereocenters. The van der Waals surface area contributed by atoms with Crippen LogP contribution in [0.3, 0.4) is 0 Å². The number of carbonyl (C=O) groups is 5. The Morgan fingerprint density at radius 2 is 1.01 bits per heavy atom. The molecule has 2 amide bonds. The van der Waals surface area contributed by atoms with Gasteiger partial charge in [-0.2, -0.15) is 0 Å². The molecule has 462 valence electrons. The van der Waals surface area contributed by atoms with Crippen molar-refractivity contribution in [3.05, 3.63) is 273 Å². The first kappa shape index (κ1) is 68.9. The van der Waals surface area contributed by atoms with Crippen LogP contribution in [0.1, 0.15) is 114 Å². The van der Waals surface area contributed by atoms with Crippen LogP contribution in [0.4, 0.5) is 15.5 Å². The number of hydrogen-bond donors (Lipinski definition) is 1. The zero-order chi connectivity index (χ0) is 63.0. The summed E-state index contributed by atoms with van der Waals surface area (Å²) in [4.78, 5) is 86.9. The van der Waals surface area contributed by atoms with Crippen LogP contribution in [-0.4, -0.2) is 62.9 Å². The molecule has 0 saturated carbocycles. The molecule has 0 radical (unpaired) electrons. The minimum absolute atomic E-state index is 0. The van der Waals surface area contributed by atoms with E-state index in [0.717, 1.165) is 16.7 Å². The molecule has 0 aliphatic carbocycles. The van der Waals surface area contributed by atoms with Gasteiger partial charge in [-0.05, 0) is 125 Å². The molecular weight excluding hydrogens is 1310 g/mol. The Morgan fingerprint density at radius 3 is 1.48 bits per heavy atom. The number of ketones is 3. The van der Waals surface area contributed by atoms with Crippen molar-refractivity contribution in [3.63, 3.8) is 0 Å². The maximum atomic E-state index is 17.1. The molecule has 1 aromatic heterocycles. The summed E-state index contributed by atoms with van der Waals surface area (Å²) in [6.07, 6.45) is 8.63. The van der Waals surface area contributed by atoms with Gasteiger partial charge in [0.25, 0.3) is 0 Å². The summed E-state index contributed by atoms with van der Waals surface area (Å²) in [6, 6.07) is 56.0. The SMILES string of the molecule is CC(C)(C)c1cccc(C(C(=Cc2ccccc2)C(=O)C=Cc2ccccc2)=C(C(=O)C(=Cc2ccccc2)OC(=O)N(C(=O)O)c2ncc3cc(B4OC(C)(C)C(C)(C)O4)ccc3n2)C(=Cc2ccccc2)C(=O)C=Cc2ccccc2)c1C(C)(C)C.[Pd].[Pd]. The average Bonchev–Trinajstić information content (AvgIpc) is 0.784. The summed E-state index contributed by atoms with van der Waals surface area (Å²) in [5.74, 6) is -3.56. The molecule has 7 aromatic carbocycles. The molecule has 90 heavy (non-hydrogen) atoms. The predicted molar refractivity (Wildman–Crippen MR) is 352 cm³/mol. The first-order valence-corrected chi connectivity index (χ1v) is 29.0. The topological polar surface area (TPSA) is 162 Å². The molecule has 12 nitrogen and oxygen atoms in total. The normalized spacial score (nSPS) is 14.6. The third-order valence-electron chi connectivity index (χ3n) is 15.3. The Bertz CT molecular complexity index is 4120. The van der Waals surface area contributed by atoms with E-state index in [4.69, 9.17) is 14.0 Å². The van der Waals surface area contributed by atoms with Gasteiger partial charge in [0.1, 0.15) is 0 Å². The second-order valence-corrected chi connectivity index (χ2v) is 24.4. The number of rotatable bonds is 17. The van der Waals surface area contributed by atoms with Crippen LogP contribution in [-0.2, 0) is 80.1 Å². The van der Waals surface area contributed by atoms with Crippen molar-refractivity contribution in [2.45, 2.75) is 91.3 Å². The van der Waals surface area contributed by atoms with Crippen molar-refractivity contribution in [3.8, 4) is 0 Å². The van der Waals surface area contributed by atoms with E-state index in [1.807, 2.05) is 164 Å². The number of aromatic nitrogens is 2. The number of ether oxygens (including phenoxy) is 1. The second-order valence-electron chi connectivity index (χ2n) is 24.4. The first-order chi connectivity index (χ1) is 41.9. The number of anilines is 1. The van der Waals surface area contributed by atoms with E-state index < -0.39 is 70.4 Å². The molecule has 0 atom stereocenters. The van der Waals surface area contributed by atoms with Gasteiger partial charge in [-0.1, -0.05) is 236 Å². The molecular formula is C75H70BN3O9Pd2. The maximum Gasteiger partial charge on any atom is 0.494 e. The Hall–Kier alpha value is -8.62. The first-order valence-electron chi connectivity index (χ1n) is 29.0. The summed E-state index contributed by atoms with van der Waals surface area (Å²) in [5, 5.41) is 11.5. The zero-order valence-electron chi connectivity index (χ0n) is 51.8. The Balaban J connectivity index is 0.00000576. The minimum atomic E-state index is -1.83. The van der Waals surface area contributed by atoms with Crippen molar-refractivity contribution in [1.82, 2.24) is 9.97 Å². The van der Waals surface area contributed by atoms with Crippen molar-refractivity contribution < 1.29 is 84.0 Å². The van der Waals surface area contributed by atoms with Crippen LogP contribution in [0.15, 0.2) is 229 Å². The largest absolute Gasteiger partial charge is 0.494 e. The molecule has 1 N–H and O–H groups in total. The standard InChI is InChI=1S/C75H70BN3O9.2Pd/c1-72(2,3)60-38-26-37-57(67(60)73(4,5)6)65(58(45-52-31-20-13-21-32-52)62(80)43-39-50-27-16-11-17-28-50)66(59(46-53-33-22-14-23-34-53)63(81)44-40-51-29-18-12-19-30-51)68(82)64(47-54-35-24-15-25-36-54)86-71(85)79(70(83)84)69-77-49-55-48-56(41-42-61(55)78-69)76-87-74(7,8)75(9,10)88-76;;/h11-49H,1-10H3,(H,83,84);;. The van der Waals surface area contributed by atoms with E-state index in [1.54, 1.807) is 97.1 Å². The van der Waals surface area contributed by atoms with Crippen LogP contribution >= 0.6 is 0 Å². The number of amides is 2. The summed E-state index contributed by atoms with van der Waals surface area (Å²) in [5.41, 5.74) is 2.85. The third kappa shape index (κ3) is 16.4. The molecule has 15 heteroatoms. The van der Waals surface area contributed by atoms with Gasteiger partial charge >= 0.3 is 19.3 Å². The van der Waals surface area contributed by atoms with E-state index >= 15 is 19.2 Å². The molecule has 9 rings (SSSR count). The van der Waals surface area contributed by atoms with Gasteiger partial charge < -0.3 is 19.2 Å². The maximum absolute atomic E-state index is 17.1. The molecule has 8 aromatic rings. The number of Topliss-reactive ketones (excluding diaryl/α,β-unsaturated/α-hetero) is 1. The molecule has 1 saturated heterocycles. The van der Waals surface area contributed by atoms with E-state index in [1.165, 1.54) is 24.4 Å². The summed E-state index contributed by atoms with van der Waals surface area (Å²) in [6.45, 7) is 20.1. The molecule has 0 spiro atoms. The smallest absolute Gasteiger partial charge is 0.464 e. The van der Waals surface area contributed by atoms with Gasteiger partial charge in [0, 0.05) is 74.7 Å². The Kier molecular flexibility index (Phi) is 22.5. The van der Waals surface area contributed by atoms with Crippen LogP contribution in [0.5, 0.6) is 0 Å². The minimum Gasteiger partial charge on any atom is -0.464 e. The van der Waals surface area contributed by atoms with Crippen LogP contribution in [0.2, 0.25) is 0 Å². The number of fused-ring (bicyclic) bond motifs is 1. The summed E-state index contributed by atoms with van der Waals surface area (Å²) in [7, 11) is -0.721. The van der Waals surface area contributed by atoms with Crippen LogP contribution in [0.25, 0.3) is 46.9 Å². The second kappa shape index (κ2) is 29.3. The van der Waals surface area contributed by atoms with E-state index in [9.17, 15) is 9.90 Å². The number of carbonyl (C=O) groups excluding carboxylic acids is 4. The number of allylic oxidation sites excluding steroid dienone is 6. The van der Waals surface area contributed by atoms with E-state index in [0.29, 0.717) is 38.7 Å². The molecule has 1 aliphatic heterocycles. The predicted octanol–water partition coefficient (Wildman–Crippen LogP) is 15.9. The van der Waals surface area contributed by atoms with Gasteiger partial charge in [0.05, 0.1) is 16.7 Å². The Labute approximate surface area is 554 Å². The summed E-state index contributed by atoms with van der Waals surface area (Å²) >= 11 is 0. The van der Waals surface area contributed by atoms with Gasteiger partial charge in [-0.15, -0.1) is 4.90 Å². The molecule has 1 fully saturated rings. The number of imide groups is 1. The van der Waals surface area contributed by atoms with Gasteiger partial charge in [0.2, 0.25) is 11.7 Å². The number of carboxylic acid groups (broad SMARTS) is 1.